The second-order valence-corrected chi connectivity index (χ2v) is 8.44. The lowest BCUT2D eigenvalue weighted by Gasteiger charge is -2.29. The molecule has 1 N–H and O–H groups in total. The topological polar surface area (TPSA) is 71.5 Å². The zero-order valence-electron chi connectivity index (χ0n) is 18.2. The molecule has 6 nitrogen and oxygen atoms in total. The lowest BCUT2D eigenvalue weighted by atomic mass is 9.95. The van der Waals surface area contributed by atoms with Crippen LogP contribution in [0.1, 0.15) is 41.9 Å². The van der Waals surface area contributed by atoms with Crippen LogP contribution in [0.4, 0.5) is 5.69 Å². The van der Waals surface area contributed by atoms with Crippen molar-refractivity contribution in [2.45, 2.75) is 39.3 Å². The first kappa shape index (κ1) is 22.2. The highest BCUT2D eigenvalue weighted by atomic mass is 35.5. The fourth-order valence-corrected chi connectivity index (χ4v) is 4.16. The molecule has 1 aliphatic heterocycles. The zero-order valence-corrected chi connectivity index (χ0v) is 19.0. The Kier molecular flexibility index (Phi) is 6.72. The number of carbonyl (C=O) groups excluding carboxylic acids is 2. The predicted octanol–water partition coefficient (Wildman–Crippen LogP) is 4.84. The maximum absolute atomic E-state index is 13.3. The van der Waals surface area contributed by atoms with Gasteiger partial charge in [-0.15, -0.1) is 0 Å². The molecule has 166 valence electrons. The van der Waals surface area contributed by atoms with Crippen LogP contribution in [-0.4, -0.2) is 41.0 Å². The predicted molar refractivity (Wildman–Crippen MR) is 126 cm³/mol. The number of fused-ring (bicyclic) bond motifs is 2. The van der Waals surface area contributed by atoms with Crippen LogP contribution in [0.3, 0.4) is 0 Å². The standard InChI is InChI=1S/C25H26ClN3O3/c1-3-13-29-14-12-22-20(15-29)23(19-6-4-5-7-21(19)28-22)25(31)32-16(2)24(30)27-18-10-8-17(26)9-11-18/h4-11,16H,3,12-15H2,1-2H3,(H,27,30). The zero-order chi connectivity index (χ0) is 22.7. The van der Waals surface area contributed by atoms with E-state index in [1.54, 1.807) is 31.2 Å². The van der Waals surface area contributed by atoms with Gasteiger partial charge in [0.1, 0.15) is 0 Å². The molecular weight excluding hydrogens is 426 g/mol. The lowest BCUT2D eigenvalue weighted by Crippen LogP contribution is -2.34. The number of pyridine rings is 1. The third-order valence-electron chi connectivity index (χ3n) is 5.63. The first-order valence-electron chi connectivity index (χ1n) is 10.9. The highest BCUT2D eigenvalue weighted by Gasteiger charge is 2.28. The molecule has 0 radical (unpaired) electrons. The molecule has 2 heterocycles. The van der Waals surface area contributed by atoms with E-state index in [9.17, 15) is 9.59 Å². The molecule has 3 aromatic rings. The van der Waals surface area contributed by atoms with Crippen LogP contribution in [0.5, 0.6) is 0 Å². The third-order valence-corrected chi connectivity index (χ3v) is 5.89. The number of amides is 1. The Balaban J connectivity index is 1.60. The van der Waals surface area contributed by atoms with Crippen LogP contribution in [0.15, 0.2) is 48.5 Å². The number of hydrogen-bond acceptors (Lipinski definition) is 5. The average Bonchev–Trinajstić information content (AvgIpc) is 2.79. The minimum atomic E-state index is -0.962. The van der Waals surface area contributed by atoms with Gasteiger partial charge in [0.05, 0.1) is 11.1 Å². The van der Waals surface area contributed by atoms with Crippen LogP contribution >= 0.6 is 11.6 Å². The van der Waals surface area contributed by atoms with E-state index in [1.165, 1.54) is 0 Å². The number of hydrogen-bond donors (Lipinski definition) is 1. The quantitative estimate of drug-likeness (QED) is 0.543. The first-order valence-corrected chi connectivity index (χ1v) is 11.2. The maximum atomic E-state index is 13.3. The van der Waals surface area contributed by atoms with E-state index in [0.29, 0.717) is 22.8 Å². The van der Waals surface area contributed by atoms with E-state index in [4.69, 9.17) is 21.3 Å². The summed E-state index contributed by atoms with van der Waals surface area (Å²) >= 11 is 5.89. The summed E-state index contributed by atoms with van der Waals surface area (Å²) in [6.07, 6.45) is 0.863. The summed E-state index contributed by atoms with van der Waals surface area (Å²) in [4.78, 5) is 33.1. The highest BCUT2D eigenvalue weighted by Crippen LogP contribution is 2.29. The molecule has 0 saturated heterocycles. The average molecular weight is 452 g/mol. The molecule has 2 aromatic carbocycles. The SMILES string of the molecule is CCCN1CCc2nc3ccccc3c(C(=O)OC(C)C(=O)Nc3ccc(Cl)cc3)c2C1. The second-order valence-electron chi connectivity index (χ2n) is 8.00. The molecular formula is C25H26ClN3O3. The fourth-order valence-electron chi connectivity index (χ4n) is 4.04. The number of rotatable bonds is 6. The van der Waals surface area contributed by atoms with Crippen molar-refractivity contribution in [3.63, 3.8) is 0 Å². The Bertz CT molecular complexity index is 1150. The van der Waals surface area contributed by atoms with Gasteiger partial charge in [-0.3, -0.25) is 14.7 Å². The van der Waals surface area contributed by atoms with Gasteiger partial charge in [-0.05, 0) is 50.2 Å². The van der Waals surface area contributed by atoms with E-state index in [2.05, 4.69) is 17.1 Å². The van der Waals surface area contributed by atoms with Crippen molar-refractivity contribution in [3.05, 3.63) is 70.4 Å². The maximum Gasteiger partial charge on any atom is 0.339 e. The van der Waals surface area contributed by atoms with Gasteiger partial charge in [-0.2, -0.15) is 0 Å². The molecule has 1 aromatic heterocycles. The minimum absolute atomic E-state index is 0.402. The molecule has 7 heteroatoms. The van der Waals surface area contributed by atoms with Gasteiger partial charge in [0, 0.05) is 46.9 Å². The number of benzene rings is 2. The van der Waals surface area contributed by atoms with Crippen molar-refractivity contribution in [1.82, 2.24) is 9.88 Å². The molecule has 32 heavy (non-hydrogen) atoms. The van der Waals surface area contributed by atoms with E-state index in [-0.39, 0.29) is 0 Å². The van der Waals surface area contributed by atoms with Gasteiger partial charge in [-0.1, -0.05) is 36.7 Å². The molecule has 0 bridgehead atoms. The highest BCUT2D eigenvalue weighted by molar-refractivity contribution is 6.30. The number of nitrogens with zero attached hydrogens (tertiary/aromatic N) is 2. The minimum Gasteiger partial charge on any atom is -0.449 e. The van der Waals surface area contributed by atoms with E-state index < -0.39 is 18.0 Å². The smallest absolute Gasteiger partial charge is 0.339 e. The van der Waals surface area contributed by atoms with Crippen molar-refractivity contribution in [2.24, 2.45) is 0 Å². The number of halogens is 1. The van der Waals surface area contributed by atoms with Crippen LogP contribution in [0.2, 0.25) is 5.02 Å². The van der Waals surface area contributed by atoms with Gasteiger partial charge in [0.25, 0.3) is 5.91 Å². The summed E-state index contributed by atoms with van der Waals surface area (Å²) in [5, 5.41) is 4.08. The number of nitrogens with one attached hydrogen (secondary N) is 1. The monoisotopic (exact) mass is 451 g/mol. The van der Waals surface area contributed by atoms with Crippen LogP contribution in [0, 0.1) is 0 Å². The molecule has 0 aliphatic carbocycles. The number of para-hydroxylation sites is 1. The molecule has 4 rings (SSSR count). The summed E-state index contributed by atoms with van der Waals surface area (Å²) in [6, 6.07) is 14.4. The largest absolute Gasteiger partial charge is 0.449 e. The summed E-state index contributed by atoms with van der Waals surface area (Å²) in [5.41, 5.74) is 3.70. The molecule has 1 amide bonds. The Morgan fingerprint density at radius 3 is 2.69 bits per heavy atom. The summed E-state index contributed by atoms with van der Waals surface area (Å²) < 4.78 is 5.64. The lowest BCUT2D eigenvalue weighted by molar-refractivity contribution is -0.123. The van der Waals surface area contributed by atoms with Crippen LogP contribution < -0.4 is 5.32 Å². The molecule has 1 atom stereocenters. The number of aromatic nitrogens is 1. The first-order chi connectivity index (χ1) is 15.5. The van der Waals surface area contributed by atoms with Crippen molar-refractivity contribution >= 4 is 40.1 Å². The van der Waals surface area contributed by atoms with E-state index in [0.717, 1.165) is 48.1 Å². The number of esters is 1. The van der Waals surface area contributed by atoms with Crippen molar-refractivity contribution in [2.75, 3.05) is 18.4 Å². The second kappa shape index (κ2) is 9.67. The van der Waals surface area contributed by atoms with E-state index in [1.807, 2.05) is 24.3 Å². The Hall–Kier alpha value is -2.96. The number of ether oxygens (including phenoxy) is 1. The van der Waals surface area contributed by atoms with Crippen molar-refractivity contribution in [1.29, 1.82) is 0 Å². The van der Waals surface area contributed by atoms with Crippen LogP contribution in [-0.2, 0) is 22.5 Å². The fraction of sp³-hybridized carbons (Fsp3) is 0.320. The number of anilines is 1. The molecule has 1 aliphatic rings. The Labute approximate surface area is 192 Å². The summed E-state index contributed by atoms with van der Waals surface area (Å²) in [6.45, 7) is 6.24. The third kappa shape index (κ3) is 4.76. The van der Waals surface area contributed by atoms with Crippen molar-refractivity contribution in [3.8, 4) is 0 Å². The molecule has 0 fully saturated rings. The van der Waals surface area contributed by atoms with Gasteiger partial charge in [0.2, 0.25) is 0 Å². The van der Waals surface area contributed by atoms with Gasteiger partial charge >= 0.3 is 5.97 Å². The normalized spacial score (nSPS) is 14.6. The van der Waals surface area contributed by atoms with Gasteiger partial charge in [-0.25, -0.2) is 4.79 Å². The Morgan fingerprint density at radius 2 is 1.94 bits per heavy atom. The van der Waals surface area contributed by atoms with Gasteiger partial charge < -0.3 is 10.1 Å². The summed E-state index contributed by atoms with van der Waals surface area (Å²) in [5.74, 6) is -0.905. The molecule has 1 unspecified atom stereocenters. The molecule has 0 spiro atoms. The van der Waals surface area contributed by atoms with Gasteiger partial charge in [0.15, 0.2) is 6.10 Å². The molecule has 0 saturated carbocycles. The Morgan fingerprint density at radius 1 is 1.19 bits per heavy atom. The van der Waals surface area contributed by atoms with Crippen molar-refractivity contribution < 1.29 is 14.3 Å². The van der Waals surface area contributed by atoms with E-state index >= 15 is 0 Å². The van der Waals surface area contributed by atoms with Crippen LogP contribution in [0.25, 0.3) is 10.9 Å². The summed E-state index contributed by atoms with van der Waals surface area (Å²) in [7, 11) is 0. The number of carbonyl (C=O) groups is 2.